The maximum Gasteiger partial charge on any atom is 0.128 e. The number of anilines is 1. The summed E-state index contributed by atoms with van der Waals surface area (Å²) in [5.74, 6) is 0.955. The van der Waals surface area contributed by atoms with E-state index in [0.29, 0.717) is 0 Å². The van der Waals surface area contributed by atoms with Crippen LogP contribution in [0.3, 0.4) is 0 Å². The van der Waals surface area contributed by atoms with Gasteiger partial charge in [0.05, 0.1) is 5.69 Å². The quantitative estimate of drug-likeness (QED) is 0.715. The van der Waals surface area contributed by atoms with Crippen molar-refractivity contribution in [2.45, 2.75) is 19.3 Å². The summed E-state index contributed by atoms with van der Waals surface area (Å²) in [5, 5.41) is 3.20. The fourth-order valence-corrected chi connectivity index (χ4v) is 3.89. The number of aryl methyl sites for hydroxylation is 2. The van der Waals surface area contributed by atoms with Gasteiger partial charge in [-0.1, -0.05) is 12.1 Å². The molecule has 116 valence electrons. The number of hydrogen-bond acceptors (Lipinski definition) is 4. The third kappa shape index (κ3) is 2.75. The lowest BCUT2D eigenvalue weighted by molar-refractivity contribution is 0.912. The van der Waals surface area contributed by atoms with Crippen molar-refractivity contribution in [3.63, 3.8) is 0 Å². The summed E-state index contributed by atoms with van der Waals surface area (Å²) in [6.45, 7) is 0. The topological polar surface area (TPSA) is 29.0 Å². The molecule has 3 nitrogen and oxygen atoms in total. The number of fused-ring (bicyclic) bond motifs is 1. The molecule has 0 bridgehead atoms. The zero-order valence-corrected chi connectivity index (χ0v) is 14.2. The second-order valence-corrected chi connectivity index (χ2v) is 7.03. The summed E-state index contributed by atoms with van der Waals surface area (Å²) in [4.78, 5) is 11.2. The molecule has 0 amide bonds. The fourth-order valence-electron chi connectivity index (χ4n) is 3.07. The molecule has 2 aromatic heterocycles. The van der Waals surface area contributed by atoms with Crippen molar-refractivity contribution in [2.24, 2.45) is 0 Å². The molecule has 0 unspecified atom stereocenters. The fraction of sp³-hybridized carbons (Fsp3) is 0.263. The highest BCUT2D eigenvalue weighted by atomic mass is 32.1. The standard InChI is InChI=1S/C19H19N3S/c1-22(2)18-11-16(8-9-20-18)19-21-17(12-23-19)15-7-6-13-4-3-5-14(13)10-15/h6-12H,3-5H2,1-2H3. The molecule has 0 saturated carbocycles. The van der Waals surface area contributed by atoms with Gasteiger partial charge in [0.25, 0.3) is 0 Å². The van der Waals surface area contributed by atoms with E-state index in [2.05, 4.69) is 34.6 Å². The molecule has 0 spiro atoms. The van der Waals surface area contributed by atoms with Crippen LogP contribution in [-0.2, 0) is 12.8 Å². The SMILES string of the molecule is CN(C)c1cc(-c2nc(-c3ccc4c(c3)CCC4)cs2)ccn1. The predicted molar refractivity (Wildman–Crippen MR) is 97.1 cm³/mol. The van der Waals surface area contributed by atoms with Gasteiger partial charge in [0.2, 0.25) is 0 Å². The first-order valence-corrected chi connectivity index (χ1v) is 8.80. The Morgan fingerprint density at radius 2 is 1.87 bits per heavy atom. The number of pyridine rings is 1. The lowest BCUT2D eigenvalue weighted by atomic mass is 10.1. The predicted octanol–water partition coefficient (Wildman–Crippen LogP) is 4.43. The molecule has 4 heteroatoms. The van der Waals surface area contributed by atoms with Crippen LogP contribution in [0.2, 0.25) is 0 Å². The van der Waals surface area contributed by atoms with Crippen LogP contribution in [0.25, 0.3) is 21.8 Å². The van der Waals surface area contributed by atoms with E-state index in [1.165, 1.54) is 36.0 Å². The highest BCUT2D eigenvalue weighted by Crippen LogP contribution is 2.32. The monoisotopic (exact) mass is 321 g/mol. The minimum Gasteiger partial charge on any atom is -0.363 e. The van der Waals surface area contributed by atoms with Crippen LogP contribution >= 0.6 is 11.3 Å². The Kier molecular flexibility index (Phi) is 3.62. The van der Waals surface area contributed by atoms with Crippen LogP contribution in [0.15, 0.2) is 41.9 Å². The molecule has 1 aliphatic carbocycles. The molecule has 1 aromatic carbocycles. The normalized spacial score (nSPS) is 13.1. The third-order valence-corrected chi connectivity index (χ3v) is 5.24. The van der Waals surface area contributed by atoms with Gasteiger partial charge in [-0.3, -0.25) is 0 Å². The van der Waals surface area contributed by atoms with E-state index >= 15 is 0 Å². The van der Waals surface area contributed by atoms with Crippen LogP contribution in [0.4, 0.5) is 5.82 Å². The van der Waals surface area contributed by atoms with E-state index in [0.717, 1.165) is 22.1 Å². The van der Waals surface area contributed by atoms with Gasteiger partial charge >= 0.3 is 0 Å². The molecule has 23 heavy (non-hydrogen) atoms. The van der Waals surface area contributed by atoms with Crippen molar-refractivity contribution in [3.05, 3.63) is 53.0 Å². The minimum atomic E-state index is 0.955. The van der Waals surface area contributed by atoms with Crippen molar-refractivity contribution in [2.75, 3.05) is 19.0 Å². The van der Waals surface area contributed by atoms with Crippen LogP contribution in [0, 0.1) is 0 Å². The van der Waals surface area contributed by atoms with Crippen molar-refractivity contribution in [3.8, 4) is 21.8 Å². The van der Waals surface area contributed by atoms with Crippen molar-refractivity contribution < 1.29 is 0 Å². The van der Waals surface area contributed by atoms with Gasteiger partial charge in [-0.2, -0.15) is 0 Å². The molecule has 0 N–H and O–H groups in total. The maximum absolute atomic E-state index is 4.85. The average Bonchev–Trinajstić information content (AvgIpc) is 3.23. The van der Waals surface area contributed by atoms with E-state index in [1.807, 2.05) is 31.3 Å². The zero-order valence-electron chi connectivity index (χ0n) is 13.4. The first-order valence-electron chi connectivity index (χ1n) is 7.92. The number of rotatable bonds is 3. The van der Waals surface area contributed by atoms with Crippen LogP contribution < -0.4 is 4.90 Å². The Morgan fingerprint density at radius 3 is 2.74 bits per heavy atom. The lowest BCUT2D eigenvalue weighted by Gasteiger charge is -2.11. The first-order chi connectivity index (χ1) is 11.2. The lowest BCUT2D eigenvalue weighted by Crippen LogP contribution is -2.10. The van der Waals surface area contributed by atoms with Gasteiger partial charge < -0.3 is 4.90 Å². The molecule has 1 aliphatic rings. The van der Waals surface area contributed by atoms with Crippen LogP contribution in [0.1, 0.15) is 17.5 Å². The molecule has 3 aromatic rings. The summed E-state index contributed by atoms with van der Waals surface area (Å²) in [6, 6.07) is 10.9. The highest BCUT2D eigenvalue weighted by Gasteiger charge is 2.13. The summed E-state index contributed by atoms with van der Waals surface area (Å²) < 4.78 is 0. The average molecular weight is 321 g/mol. The summed E-state index contributed by atoms with van der Waals surface area (Å²) in [5.41, 5.74) is 6.43. The minimum absolute atomic E-state index is 0.955. The Hall–Kier alpha value is -2.20. The van der Waals surface area contributed by atoms with Crippen molar-refractivity contribution in [1.82, 2.24) is 9.97 Å². The van der Waals surface area contributed by atoms with Crippen molar-refractivity contribution in [1.29, 1.82) is 0 Å². The van der Waals surface area contributed by atoms with Gasteiger partial charge in [-0.15, -0.1) is 11.3 Å². The Labute approximate surface area is 140 Å². The van der Waals surface area contributed by atoms with E-state index < -0.39 is 0 Å². The van der Waals surface area contributed by atoms with E-state index in [-0.39, 0.29) is 0 Å². The molecule has 0 fully saturated rings. The van der Waals surface area contributed by atoms with E-state index in [1.54, 1.807) is 11.3 Å². The van der Waals surface area contributed by atoms with Crippen LogP contribution in [-0.4, -0.2) is 24.1 Å². The number of nitrogens with zero attached hydrogens (tertiary/aromatic N) is 3. The number of aromatic nitrogens is 2. The smallest absolute Gasteiger partial charge is 0.128 e. The highest BCUT2D eigenvalue weighted by molar-refractivity contribution is 7.13. The largest absolute Gasteiger partial charge is 0.363 e. The molecule has 0 atom stereocenters. The van der Waals surface area contributed by atoms with Gasteiger partial charge in [-0.25, -0.2) is 9.97 Å². The first kappa shape index (κ1) is 14.4. The Balaban J connectivity index is 1.68. The number of hydrogen-bond donors (Lipinski definition) is 0. The van der Waals surface area contributed by atoms with E-state index in [4.69, 9.17) is 4.98 Å². The molecular formula is C19H19N3S. The second kappa shape index (κ2) is 5.78. The Morgan fingerprint density at radius 1 is 1.00 bits per heavy atom. The zero-order chi connectivity index (χ0) is 15.8. The molecular weight excluding hydrogens is 302 g/mol. The maximum atomic E-state index is 4.85. The van der Waals surface area contributed by atoms with Crippen LogP contribution in [0.5, 0.6) is 0 Å². The van der Waals surface area contributed by atoms with Gasteiger partial charge in [-0.05, 0) is 48.6 Å². The molecule has 2 heterocycles. The van der Waals surface area contributed by atoms with Gasteiger partial charge in [0, 0.05) is 36.8 Å². The second-order valence-electron chi connectivity index (χ2n) is 6.17. The van der Waals surface area contributed by atoms with Gasteiger partial charge in [0.1, 0.15) is 10.8 Å². The molecule has 0 aliphatic heterocycles. The summed E-state index contributed by atoms with van der Waals surface area (Å²) in [7, 11) is 4.01. The van der Waals surface area contributed by atoms with Crippen molar-refractivity contribution >= 4 is 17.2 Å². The summed E-state index contributed by atoms with van der Waals surface area (Å²) >= 11 is 1.69. The molecule has 4 rings (SSSR count). The number of benzene rings is 1. The third-order valence-electron chi connectivity index (χ3n) is 4.35. The van der Waals surface area contributed by atoms with E-state index in [9.17, 15) is 0 Å². The number of thiazole rings is 1. The van der Waals surface area contributed by atoms with Gasteiger partial charge in [0.15, 0.2) is 0 Å². The molecule has 0 radical (unpaired) electrons. The Bertz CT molecular complexity index is 851. The summed E-state index contributed by atoms with van der Waals surface area (Å²) in [6.07, 6.45) is 5.56. The molecule has 0 saturated heterocycles.